The zero-order valence-corrected chi connectivity index (χ0v) is 15.1. The predicted octanol–water partition coefficient (Wildman–Crippen LogP) is 4.02. The molecule has 0 radical (unpaired) electrons. The predicted molar refractivity (Wildman–Crippen MR) is 89.9 cm³/mol. The normalized spacial score (nSPS) is 11.0. The molecule has 0 unspecified atom stereocenters. The lowest BCUT2D eigenvalue weighted by atomic mass is 10.3. The Hall–Kier alpha value is -3.30. The van der Waals surface area contributed by atoms with Gasteiger partial charge in [0.2, 0.25) is 11.6 Å². The number of hydrogen-bond acceptors (Lipinski definition) is 4. The average molecular weight is 397 g/mol. The number of ether oxygens (including phenoxy) is 1. The van der Waals surface area contributed by atoms with Crippen LogP contribution in [0, 0.1) is 37.1 Å². The summed E-state index contributed by atoms with van der Waals surface area (Å²) in [5.41, 5.74) is 1.88. The van der Waals surface area contributed by atoms with Crippen LogP contribution in [0.2, 0.25) is 0 Å². The summed E-state index contributed by atoms with van der Waals surface area (Å²) in [6, 6.07) is 2.74. The van der Waals surface area contributed by atoms with Gasteiger partial charge in [0, 0.05) is 13.1 Å². The minimum absolute atomic E-state index is 0.0215. The summed E-state index contributed by atoms with van der Waals surface area (Å²) in [5, 5.41) is 6.84. The Kier molecular flexibility index (Phi) is 5.12. The van der Waals surface area contributed by atoms with Gasteiger partial charge in [-0.1, -0.05) is 0 Å². The molecule has 10 heteroatoms. The van der Waals surface area contributed by atoms with Crippen molar-refractivity contribution in [2.24, 2.45) is 7.05 Å². The van der Waals surface area contributed by atoms with E-state index in [4.69, 9.17) is 9.15 Å². The van der Waals surface area contributed by atoms with Crippen LogP contribution in [0.5, 0.6) is 5.75 Å². The van der Waals surface area contributed by atoms with E-state index in [2.05, 4.69) is 10.4 Å². The van der Waals surface area contributed by atoms with Crippen molar-refractivity contribution in [3.63, 3.8) is 0 Å². The highest BCUT2D eigenvalue weighted by molar-refractivity contribution is 6.02. The van der Waals surface area contributed by atoms with Crippen molar-refractivity contribution >= 4 is 11.6 Å². The molecule has 0 saturated heterocycles. The van der Waals surface area contributed by atoms with Crippen LogP contribution >= 0.6 is 0 Å². The van der Waals surface area contributed by atoms with Crippen LogP contribution in [-0.4, -0.2) is 15.7 Å². The monoisotopic (exact) mass is 397 g/mol. The first-order valence-corrected chi connectivity index (χ1v) is 8.05. The van der Waals surface area contributed by atoms with Crippen LogP contribution in [0.4, 0.5) is 23.2 Å². The molecule has 0 spiro atoms. The highest BCUT2D eigenvalue weighted by Gasteiger charge is 2.22. The number of halogens is 4. The number of furan rings is 1. The fraction of sp³-hybridized carbons (Fsp3) is 0.222. The largest absolute Gasteiger partial charge is 0.479 e. The van der Waals surface area contributed by atoms with Crippen LogP contribution < -0.4 is 10.1 Å². The van der Waals surface area contributed by atoms with Gasteiger partial charge in [0.25, 0.3) is 5.91 Å². The fourth-order valence-electron chi connectivity index (χ4n) is 2.53. The molecule has 0 bridgehead atoms. The molecular weight excluding hydrogens is 382 g/mol. The highest BCUT2D eigenvalue weighted by Crippen LogP contribution is 2.27. The number of hydrogen-bond donors (Lipinski definition) is 1. The number of aryl methyl sites for hydroxylation is 2. The van der Waals surface area contributed by atoms with E-state index in [-0.39, 0.29) is 17.6 Å². The molecule has 2 aromatic heterocycles. The molecule has 148 valence electrons. The van der Waals surface area contributed by atoms with E-state index in [1.807, 2.05) is 0 Å². The summed E-state index contributed by atoms with van der Waals surface area (Å²) in [4.78, 5) is 12.3. The second kappa shape index (κ2) is 7.37. The second-order valence-electron chi connectivity index (χ2n) is 5.98. The Bertz CT molecular complexity index is 1030. The summed E-state index contributed by atoms with van der Waals surface area (Å²) in [6.07, 6.45) is 0. The number of aromatic nitrogens is 2. The first kappa shape index (κ1) is 19.5. The molecule has 3 rings (SSSR count). The third-order valence-electron chi connectivity index (χ3n) is 4.06. The molecule has 0 atom stereocenters. The van der Waals surface area contributed by atoms with Gasteiger partial charge in [0.1, 0.15) is 12.4 Å². The number of anilines is 1. The standard InChI is InChI=1S/C18H15F4N3O3/c1-8-16(9(2)25(3)24-8)23-18(26)13-5-4-10(28-13)7-27-17-14(21)11(19)6-12(20)15(17)22/h4-6H,7H2,1-3H3,(H,23,26). The SMILES string of the molecule is Cc1nn(C)c(C)c1NC(=O)c1ccc(COc2c(F)c(F)cc(F)c2F)o1. The molecule has 0 aliphatic heterocycles. The summed E-state index contributed by atoms with van der Waals surface area (Å²) in [7, 11) is 1.73. The van der Waals surface area contributed by atoms with E-state index < -0.39 is 41.5 Å². The number of carbonyl (C=O) groups is 1. The molecule has 0 fully saturated rings. The number of amides is 1. The minimum Gasteiger partial charge on any atom is -0.479 e. The first-order valence-electron chi connectivity index (χ1n) is 8.05. The van der Waals surface area contributed by atoms with Crippen LogP contribution in [-0.2, 0) is 13.7 Å². The molecular formula is C18H15F4N3O3. The summed E-state index contributed by atoms with van der Waals surface area (Å²) < 4.78 is 65.2. The molecule has 6 nitrogen and oxygen atoms in total. The number of nitrogens with zero attached hydrogens (tertiary/aromatic N) is 2. The topological polar surface area (TPSA) is 69.3 Å². The number of carbonyl (C=O) groups excluding carboxylic acids is 1. The Morgan fingerprint density at radius 2 is 1.82 bits per heavy atom. The smallest absolute Gasteiger partial charge is 0.291 e. The molecule has 3 aromatic rings. The van der Waals surface area contributed by atoms with Gasteiger partial charge in [-0.15, -0.1) is 0 Å². The lowest BCUT2D eigenvalue weighted by molar-refractivity contribution is 0.0992. The summed E-state index contributed by atoms with van der Waals surface area (Å²) in [5.74, 6) is -8.34. The number of benzene rings is 1. The van der Waals surface area contributed by atoms with Gasteiger partial charge >= 0.3 is 0 Å². The Balaban J connectivity index is 1.72. The van der Waals surface area contributed by atoms with Crippen molar-refractivity contribution in [3.05, 3.63) is 64.4 Å². The van der Waals surface area contributed by atoms with E-state index in [1.54, 1.807) is 25.6 Å². The number of nitrogens with one attached hydrogen (secondary N) is 1. The molecule has 1 amide bonds. The lowest BCUT2D eigenvalue weighted by Crippen LogP contribution is -2.12. The first-order chi connectivity index (χ1) is 13.2. The van der Waals surface area contributed by atoms with E-state index in [0.29, 0.717) is 11.4 Å². The van der Waals surface area contributed by atoms with Crippen molar-refractivity contribution < 1.29 is 31.5 Å². The van der Waals surface area contributed by atoms with Crippen LogP contribution in [0.25, 0.3) is 0 Å². The molecule has 0 aliphatic carbocycles. The number of rotatable bonds is 5. The maximum Gasteiger partial charge on any atom is 0.291 e. The van der Waals surface area contributed by atoms with Gasteiger partial charge in [-0.2, -0.15) is 13.9 Å². The van der Waals surface area contributed by atoms with Crippen molar-refractivity contribution in [1.82, 2.24) is 9.78 Å². The molecule has 28 heavy (non-hydrogen) atoms. The third-order valence-corrected chi connectivity index (χ3v) is 4.06. The molecule has 1 aromatic carbocycles. The van der Waals surface area contributed by atoms with Gasteiger partial charge in [0.15, 0.2) is 23.1 Å². The van der Waals surface area contributed by atoms with Gasteiger partial charge in [-0.05, 0) is 26.0 Å². The zero-order chi connectivity index (χ0) is 20.6. The van der Waals surface area contributed by atoms with E-state index >= 15 is 0 Å². The van der Waals surface area contributed by atoms with Crippen LogP contribution in [0.3, 0.4) is 0 Å². The Morgan fingerprint density at radius 3 is 2.39 bits per heavy atom. The summed E-state index contributed by atoms with van der Waals surface area (Å²) in [6.45, 7) is 2.96. The van der Waals surface area contributed by atoms with Crippen molar-refractivity contribution in [2.75, 3.05) is 5.32 Å². The van der Waals surface area contributed by atoms with Gasteiger partial charge in [-0.3, -0.25) is 9.48 Å². The third kappa shape index (κ3) is 3.57. The summed E-state index contributed by atoms with van der Waals surface area (Å²) >= 11 is 0. The molecule has 0 aliphatic rings. The van der Waals surface area contributed by atoms with Crippen LogP contribution in [0.1, 0.15) is 27.7 Å². The van der Waals surface area contributed by atoms with Gasteiger partial charge < -0.3 is 14.5 Å². The van der Waals surface area contributed by atoms with Crippen LogP contribution in [0.15, 0.2) is 22.6 Å². The van der Waals surface area contributed by atoms with E-state index in [0.717, 1.165) is 5.69 Å². The lowest BCUT2D eigenvalue weighted by Gasteiger charge is -2.08. The molecule has 2 heterocycles. The second-order valence-corrected chi connectivity index (χ2v) is 5.98. The average Bonchev–Trinajstić information content (AvgIpc) is 3.20. The van der Waals surface area contributed by atoms with Gasteiger partial charge in [0.05, 0.1) is 17.1 Å². The maximum absolute atomic E-state index is 13.6. The maximum atomic E-state index is 13.6. The van der Waals surface area contributed by atoms with Crippen molar-refractivity contribution in [2.45, 2.75) is 20.5 Å². The van der Waals surface area contributed by atoms with E-state index in [1.165, 1.54) is 12.1 Å². The quantitative estimate of drug-likeness (QED) is 0.522. The van der Waals surface area contributed by atoms with Crippen molar-refractivity contribution in [1.29, 1.82) is 0 Å². The van der Waals surface area contributed by atoms with Gasteiger partial charge in [-0.25, -0.2) is 8.78 Å². The molecule has 1 N–H and O–H groups in total. The molecule has 0 saturated carbocycles. The highest BCUT2D eigenvalue weighted by atomic mass is 19.2. The minimum atomic E-state index is -1.66. The zero-order valence-electron chi connectivity index (χ0n) is 15.1. The Labute approximate surface area is 156 Å². The fourth-order valence-corrected chi connectivity index (χ4v) is 2.53. The van der Waals surface area contributed by atoms with E-state index in [9.17, 15) is 22.4 Å². The van der Waals surface area contributed by atoms with Crippen molar-refractivity contribution in [3.8, 4) is 5.75 Å². The Morgan fingerprint density at radius 1 is 1.18 bits per heavy atom.